The van der Waals surface area contributed by atoms with Crippen molar-refractivity contribution in [3.8, 4) is 0 Å². The van der Waals surface area contributed by atoms with Crippen LogP contribution in [-0.4, -0.2) is 65.9 Å². The second-order valence-corrected chi connectivity index (χ2v) is 8.39. The SMILES string of the molecule is O=C(c1ccc(SCCO)cc1)N1CCC[C@H](CN2CCCCC2)C1. The lowest BCUT2D eigenvalue weighted by Crippen LogP contribution is -2.44. The van der Waals surface area contributed by atoms with Gasteiger partial charge in [0.1, 0.15) is 0 Å². The van der Waals surface area contributed by atoms with Crippen LogP contribution in [0.25, 0.3) is 0 Å². The summed E-state index contributed by atoms with van der Waals surface area (Å²) in [6, 6.07) is 7.83. The largest absolute Gasteiger partial charge is 0.396 e. The molecule has 0 aromatic heterocycles. The molecule has 3 rings (SSSR count). The molecule has 5 heteroatoms. The number of rotatable bonds is 6. The summed E-state index contributed by atoms with van der Waals surface area (Å²) in [5.41, 5.74) is 0.784. The number of aliphatic hydroxyl groups excluding tert-OH is 1. The molecule has 2 aliphatic rings. The van der Waals surface area contributed by atoms with Crippen LogP contribution >= 0.6 is 11.8 Å². The Bertz CT molecular complexity index is 543. The summed E-state index contributed by atoms with van der Waals surface area (Å²) < 4.78 is 0. The Hall–Kier alpha value is -1.04. The number of carbonyl (C=O) groups excluding carboxylic acids is 1. The van der Waals surface area contributed by atoms with Crippen molar-refractivity contribution in [2.24, 2.45) is 5.92 Å². The van der Waals surface area contributed by atoms with Crippen molar-refractivity contribution in [3.05, 3.63) is 29.8 Å². The van der Waals surface area contributed by atoms with E-state index in [0.717, 1.165) is 36.5 Å². The first-order chi connectivity index (χ1) is 12.3. The summed E-state index contributed by atoms with van der Waals surface area (Å²) in [5.74, 6) is 1.48. The Morgan fingerprint density at radius 3 is 2.56 bits per heavy atom. The predicted molar refractivity (Wildman–Crippen MR) is 103 cm³/mol. The van der Waals surface area contributed by atoms with Crippen LogP contribution in [0.5, 0.6) is 0 Å². The molecular weight excluding hydrogens is 332 g/mol. The van der Waals surface area contributed by atoms with Crippen molar-refractivity contribution in [2.45, 2.75) is 37.0 Å². The summed E-state index contributed by atoms with van der Waals surface area (Å²) in [6.07, 6.45) is 6.40. The van der Waals surface area contributed by atoms with Gasteiger partial charge in [-0.25, -0.2) is 0 Å². The first kappa shape index (κ1) is 18.7. The smallest absolute Gasteiger partial charge is 0.253 e. The monoisotopic (exact) mass is 362 g/mol. The van der Waals surface area contributed by atoms with Crippen LogP contribution in [0.4, 0.5) is 0 Å². The van der Waals surface area contributed by atoms with Crippen LogP contribution in [0.15, 0.2) is 29.2 Å². The van der Waals surface area contributed by atoms with E-state index in [1.807, 2.05) is 29.2 Å². The Labute approximate surface area is 155 Å². The molecule has 25 heavy (non-hydrogen) atoms. The zero-order valence-corrected chi connectivity index (χ0v) is 15.8. The van der Waals surface area contributed by atoms with Gasteiger partial charge < -0.3 is 14.9 Å². The molecule has 2 saturated heterocycles. The van der Waals surface area contributed by atoms with Crippen LogP contribution in [-0.2, 0) is 0 Å². The number of benzene rings is 1. The molecule has 1 N–H and O–H groups in total. The highest BCUT2D eigenvalue weighted by atomic mass is 32.2. The summed E-state index contributed by atoms with van der Waals surface area (Å²) >= 11 is 1.62. The third kappa shape index (κ3) is 5.47. The van der Waals surface area contributed by atoms with Gasteiger partial charge in [-0.05, 0) is 69.0 Å². The van der Waals surface area contributed by atoms with Gasteiger partial charge in [0.25, 0.3) is 5.91 Å². The molecule has 1 atom stereocenters. The Balaban J connectivity index is 1.54. The lowest BCUT2D eigenvalue weighted by molar-refractivity contribution is 0.0631. The molecule has 0 bridgehead atoms. The average Bonchev–Trinajstić information content (AvgIpc) is 2.67. The molecular formula is C20H30N2O2S. The van der Waals surface area contributed by atoms with Crippen LogP contribution < -0.4 is 0 Å². The highest BCUT2D eigenvalue weighted by molar-refractivity contribution is 7.99. The van der Waals surface area contributed by atoms with Crippen LogP contribution in [0, 0.1) is 5.92 Å². The Kier molecular flexibility index (Phi) is 7.20. The fraction of sp³-hybridized carbons (Fsp3) is 0.650. The number of likely N-dealkylation sites (tertiary alicyclic amines) is 2. The van der Waals surface area contributed by atoms with Gasteiger partial charge in [-0.15, -0.1) is 11.8 Å². The topological polar surface area (TPSA) is 43.8 Å². The number of amides is 1. The molecule has 2 aliphatic heterocycles. The molecule has 1 aromatic carbocycles. The standard InChI is InChI=1S/C20H30N2O2S/c23-13-14-25-19-8-6-18(7-9-19)20(24)22-12-4-5-17(16-22)15-21-10-2-1-3-11-21/h6-9,17,23H,1-5,10-16H2/t17-/m1/s1. The minimum atomic E-state index is 0.169. The van der Waals surface area contributed by atoms with E-state index >= 15 is 0 Å². The number of thioether (sulfide) groups is 1. The number of carbonyl (C=O) groups is 1. The van der Waals surface area contributed by atoms with Gasteiger partial charge >= 0.3 is 0 Å². The zero-order chi connectivity index (χ0) is 17.5. The third-order valence-electron chi connectivity index (χ3n) is 5.23. The van der Waals surface area contributed by atoms with E-state index < -0.39 is 0 Å². The summed E-state index contributed by atoms with van der Waals surface area (Å²) in [6.45, 7) is 5.58. The van der Waals surface area contributed by atoms with Gasteiger partial charge in [0.2, 0.25) is 0 Å². The fourth-order valence-electron chi connectivity index (χ4n) is 3.95. The molecule has 0 spiro atoms. The van der Waals surface area contributed by atoms with Crippen LogP contribution in [0.1, 0.15) is 42.5 Å². The van der Waals surface area contributed by atoms with Gasteiger partial charge in [0, 0.05) is 35.8 Å². The maximum Gasteiger partial charge on any atom is 0.253 e. The quantitative estimate of drug-likeness (QED) is 0.790. The van der Waals surface area contributed by atoms with Gasteiger partial charge in [-0.2, -0.15) is 0 Å². The van der Waals surface area contributed by atoms with Crippen molar-refractivity contribution in [1.29, 1.82) is 0 Å². The first-order valence-electron chi connectivity index (χ1n) is 9.61. The molecule has 0 unspecified atom stereocenters. The van der Waals surface area contributed by atoms with Crippen molar-refractivity contribution >= 4 is 17.7 Å². The number of hydrogen-bond acceptors (Lipinski definition) is 4. The number of piperidine rings is 2. The van der Waals surface area contributed by atoms with Gasteiger partial charge in [-0.3, -0.25) is 4.79 Å². The molecule has 1 aromatic rings. The van der Waals surface area contributed by atoms with Gasteiger partial charge in [0.05, 0.1) is 6.61 Å². The summed E-state index contributed by atoms with van der Waals surface area (Å²) in [7, 11) is 0. The Morgan fingerprint density at radius 2 is 1.84 bits per heavy atom. The van der Waals surface area contributed by atoms with Crippen LogP contribution in [0.2, 0.25) is 0 Å². The number of aliphatic hydroxyl groups is 1. The van der Waals surface area contributed by atoms with Gasteiger partial charge in [0.15, 0.2) is 0 Å². The lowest BCUT2D eigenvalue weighted by Gasteiger charge is -2.37. The normalized spacial score (nSPS) is 22.1. The average molecular weight is 363 g/mol. The minimum Gasteiger partial charge on any atom is -0.396 e. The van der Waals surface area contributed by atoms with Crippen molar-refractivity contribution in [1.82, 2.24) is 9.80 Å². The van der Waals surface area contributed by atoms with E-state index in [1.54, 1.807) is 11.8 Å². The second-order valence-electron chi connectivity index (χ2n) is 7.22. The first-order valence-corrected chi connectivity index (χ1v) is 10.6. The molecule has 0 radical (unpaired) electrons. The van der Waals surface area contributed by atoms with E-state index in [9.17, 15) is 4.79 Å². The van der Waals surface area contributed by atoms with Crippen LogP contribution in [0.3, 0.4) is 0 Å². The summed E-state index contributed by atoms with van der Waals surface area (Å²) in [5, 5.41) is 8.90. The predicted octanol–water partition coefficient (Wildman–Crippen LogP) is 3.11. The number of hydrogen-bond donors (Lipinski definition) is 1. The van der Waals surface area contributed by atoms with Crippen molar-refractivity contribution < 1.29 is 9.90 Å². The molecule has 0 aliphatic carbocycles. The third-order valence-corrected chi connectivity index (χ3v) is 6.22. The highest BCUT2D eigenvalue weighted by Gasteiger charge is 2.26. The fourth-order valence-corrected chi connectivity index (χ4v) is 4.60. The Morgan fingerprint density at radius 1 is 1.08 bits per heavy atom. The van der Waals surface area contributed by atoms with E-state index in [0.29, 0.717) is 11.7 Å². The van der Waals surface area contributed by atoms with E-state index in [4.69, 9.17) is 5.11 Å². The second kappa shape index (κ2) is 9.60. The van der Waals surface area contributed by atoms with E-state index in [-0.39, 0.29) is 12.5 Å². The minimum absolute atomic E-state index is 0.169. The highest BCUT2D eigenvalue weighted by Crippen LogP contribution is 2.23. The molecule has 0 saturated carbocycles. The van der Waals surface area contributed by atoms with E-state index in [2.05, 4.69) is 4.90 Å². The van der Waals surface area contributed by atoms with Crippen molar-refractivity contribution in [3.63, 3.8) is 0 Å². The molecule has 4 nitrogen and oxygen atoms in total. The van der Waals surface area contributed by atoms with Gasteiger partial charge in [-0.1, -0.05) is 6.42 Å². The van der Waals surface area contributed by atoms with E-state index in [1.165, 1.54) is 38.8 Å². The zero-order valence-electron chi connectivity index (χ0n) is 15.0. The molecule has 138 valence electrons. The molecule has 2 heterocycles. The summed E-state index contributed by atoms with van der Waals surface area (Å²) in [4.78, 5) is 18.6. The lowest BCUT2D eigenvalue weighted by atomic mass is 9.96. The maximum atomic E-state index is 12.8. The molecule has 1 amide bonds. The molecule has 2 fully saturated rings. The number of nitrogens with zero attached hydrogens (tertiary/aromatic N) is 2. The maximum absolute atomic E-state index is 12.8. The van der Waals surface area contributed by atoms with Crippen molar-refractivity contribution in [2.75, 3.05) is 45.1 Å².